The molecule has 1 saturated heterocycles. The number of aliphatic hydroxyl groups is 2. The predicted molar refractivity (Wildman–Crippen MR) is 120 cm³/mol. The van der Waals surface area contributed by atoms with Crippen LogP contribution in [-0.4, -0.2) is 66.5 Å². The number of halogens is 2. The van der Waals surface area contributed by atoms with Gasteiger partial charge in [0.1, 0.15) is 12.2 Å². The van der Waals surface area contributed by atoms with Gasteiger partial charge in [-0.3, -0.25) is 9.59 Å². The first kappa shape index (κ1) is 25.0. The number of alkyl halides is 2. The van der Waals surface area contributed by atoms with Gasteiger partial charge in [0.25, 0.3) is 10.1 Å². The van der Waals surface area contributed by atoms with Crippen molar-refractivity contribution in [3.63, 3.8) is 0 Å². The molecule has 0 saturated carbocycles. The molecule has 11 heteroatoms. The molecule has 1 aliphatic rings. The maximum Gasteiger partial charge on any atom is 0.337 e. The molecule has 184 valence electrons. The summed E-state index contributed by atoms with van der Waals surface area (Å²) in [6.45, 7) is 0. The fourth-order valence-corrected chi connectivity index (χ4v) is 4.46. The molecule has 1 fully saturated rings. The quantitative estimate of drug-likeness (QED) is 0.369. The van der Waals surface area contributed by atoms with Gasteiger partial charge in [0.15, 0.2) is 5.78 Å². The Bertz CT molecular complexity index is 1390. The number of ether oxygens (including phenoxy) is 1. The smallest absolute Gasteiger partial charge is 0.337 e. The summed E-state index contributed by atoms with van der Waals surface area (Å²) in [6.07, 6.45) is -7.54. The van der Waals surface area contributed by atoms with Gasteiger partial charge < -0.3 is 14.9 Å². The minimum atomic E-state index is -4.67. The third kappa shape index (κ3) is 4.37. The minimum Gasteiger partial charge on any atom is -0.382 e. The van der Waals surface area contributed by atoms with E-state index in [-0.39, 0.29) is 11.1 Å². The molecule has 35 heavy (non-hydrogen) atoms. The van der Waals surface area contributed by atoms with Gasteiger partial charge in [-0.15, -0.1) is 0 Å². The highest BCUT2D eigenvalue weighted by Gasteiger charge is 2.76. The summed E-state index contributed by atoms with van der Waals surface area (Å²) < 4.78 is 63.1. The van der Waals surface area contributed by atoms with Crippen molar-refractivity contribution in [3.8, 4) is 0 Å². The normalized spacial score (nSPS) is 24.8. The summed E-state index contributed by atoms with van der Waals surface area (Å²) in [6, 6.07) is 17.7. The fourth-order valence-electron chi connectivity index (χ4n) is 3.97. The third-order valence-corrected chi connectivity index (χ3v) is 6.24. The second-order valence-electron chi connectivity index (χ2n) is 8.14. The Morgan fingerprint density at radius 3 is 2.20 bits per heavy atom. The molecule has 1 aliphatic heterocycles. The maximum atomic E-state index is 15.4. The summed E-state index contributed by atoms with van der Waals surface area (Å²) in [7, 11) is -4.56. The van der Waals surface area contributed by atoms with Crippen molar-refractivity contribution in [2.75, 3.05) is 6.26 Å². The number of Topliss-reactive ketones (excluding diaryl/α,β-unsaturated/α-hetero) is 2. The predicted octanol–water partition coefficient (Wildman–Crippen LogP) is 2.33. The second kappa shape index (κ2) is 8.85. The van der Waals surface area contributed by atoms with Crippen LogP contribution in [0.15, 0.2) is 72.8 Å². The topological polar surface area (TPSA) is 127 Å². The Hall–Kier alpha value is -3.09. The summed E-state index contributed by atoms with van der Waals surface area (Å²) >= 11 is 0. The maximum absolute atomic E-state index is 15.4. The lowest BCUT2D eigenvalue weighted by atomic mass is 9.80. The van der Waals surface area contributed by atoms with E-state index < -0.39 is 51.7 Å². The van der Waals surface area contributed by atoms with Crippen LogP contribution in [0.2, 0.25) is 0 Å². The first-order valence-corrected chi connectivity index (χ1v) is 12.1. The zero-order chi connectivity index (χ0) is 25.6. The van der Waals surface area contributed by atoms with Crippen molar-refractivity contribution in [2.45, 2.75) is 30.0 Å². The lowest BCUT2D eigenvalue weighted by Crippen LogP contribution is -2.62. The number of ketones is 2. The summed E-state index contributed by atoms with van der Waals surface area (Å²) in [4.78, 5) is 26.2. The van der Waals surface area contributed by atoms with Crippen LogP contribution >= 0.6 is 0 Å². The van der Waals surface area contributed by atoms with Crippen molar-refractivity contribution in [3.05, 3.63) is 83.9 Å². The number of rotatable bonds is 7. The highest BCUT2D eigenvalue weighted by atomic mass is 32.2. The van der Waals surface area contributed by atoms with E-state index in [1.807, 2.05) is 0 Å². The van der Waals surface area contributed by atoms with E-state index in [4.69, 9.17) is 4.74 Å². The molecule has 4 atom stereocenters. The zero-order valence-corrected chi connectivity index (χ0v) is 19.0. The van der Waals surface area contributed by atoms with Crippen LogP contribution in [0.4, 0.5) is 8.78 Å². The number of carbonyl (C=O) groups is 2. The van der Waals surface area contributed by atoms with Crippen molar-refractivity contribution < 1.29 is 45.9 Å². The van der Waals surface area contributed by atoms with Crippen molar-refractivity contribution in [1.29, 1.82) is 0 Å². The summed E-state index contributed by atoms with van der Waals surface area (Å²) in [5.74, 6) is -7.38. The Labute approximate surface area is 198 Å². The molecular weight excluding hydrogens is 486 g/mol. The number of aliphatic hydroxyl groups excluding tert-OH is 1. The SMILES string of the molecule is CS(=O)(=O)O[C@@H]1O[C@H](C(O)C(=O)c2ccc3ccccc3c2)[C@](O)(C(=O)c2ccccc2)C1(F)F. The van der Waals surface area contributed by atoms with E-state index in [1.165, 1.54) is 30.3 Å². The van der Waals surface area contributed by atoms with Crippen LogP contribution in [0.5, 0.6) is 0 Å². The number of hydrogen-bond acceptors (Lipinski definition) is 8. The van der Waals surface area contributed by atoms with Crippen LogP contribution in [0.3, 0.4) is 0 Å². The first-order valence-electron chi connectivity index (χ1n) is 10.3. The molecule has 1 unspecified atom stereocenters. The van der Waals surface area contributed by atoms with Crippen LogP contribution in [0, 0.1) is 0 Å². The first-order chi connectivity index (χ1) is 16.4. The number of fused-ring (bicyclic) bond motifs is 1. The van der Waals surface area contributed by atoms with Crippen molar-refractivity contribution in [2.24, 2.45) is 0 Å². The van der Waals surface area contributed by atoms with Gasteiger partial charge in [-0.05, 0) is 16.8 Å². The average Bonchev–Trinajstić information content (AvgIpc) is 3.03. The molecule has 0 spiro atoms. The Morgan fingerprint density at radius 2 is 1.57 bits per heavy atom. The largest absolute Gasteiger partial charge is 0.382 e. The number of hydrogen-bond donors (Lipinski definition) is 2. The lowest BCUT2D eigenvalue weighted by Gasteiger charge is -2.33. The molecule has 0 amide bonds. The zero-order valence-electron chi connectivity index (χ0n) is 18.2. The van der Waals surface area contributed by atoms with Crippen LogP contribution in [0.25, 0.3) is 10.8 Å². The van der Waals surface area contributed by atoms with Crippen LogP contribution in [-0.2, 0) is 19.0 Å². The van der Waals surface area contributed by atoms with Gasteiger partial charge in [0, 0.05) is 11.1 Å². The van der Waals surface area contributed by atoms with E-state index >= 15 is 8.78 Å². The molecule has 2 N–H and O–H groups in total. The van der Waals surface area contributed by atoms with E-state index in [0.29, 0.717) is 11.6 Å². The minimum absolute atomic E-state index is 0.106. The van der Waals surface area contributed by atoms with Gasteiger partial charge in [-0.2, -0.15) is 17.2 Å². The fraction of sp³-hybridized carbons (Fsp3) is 0.250. The average molecular weight is 506 g/mol. The number of carbonyl (C=O) groups excluding carboxylic acids is 2. The molecule has 0 aliphatic carbocycles. The molecule has 8 nitrogen and oxygen atoms in total. The van der Waals surface area contributed by atoms with E-state index in [0.717, 1.165) is 17.5 Å². The monoisotopic (exact) mass is 506 g/mol. The van der Waals surface area contributed by atoms with E-state index in [9.17, 15) is 28.2 Å². The van der Waals surface area contributed by atoms with Crippen molar-refractivity contribution in [1.82, 2.24) is 0 Å². The summed E-state index contributed by atoms with van der Waals surface area (Å²) in [5.41, 5.74) is -4.32. The van der Waals surface area contributed by atoms with Gasteiger partial charge in [0.05, 0.1) is 6.26 Å². The molecule has 0 bridgehead atoms. The van der Waals surface area contributed by atoms with Gasteiger partial charge in [-0.25, -0.2) is 4.18 Å². The van der Waals surface area contributed by atoms with Crippen molar-refractivity contribution >= 4 is 32.5 Å². The van der Waals surface area contributed by atoms with E-state index in [1.54, 1.807) is 30.3 Å². The van der Waals surface area contributed by atoms with Gasteiger partial charge in [0.2, 0.25) is 17.7 Å². The summed E-state index contributed by atoms with van der Waals surface area (Å²) in [5, 5.41) is 23.3. The number of benzene rings is 3. The molecule has 0 radical (unpaired) electrons. The van der Waals surface area contributed by atoms with Crippen LogP contribution in [0.1, 0.15) is 20.7 Å². The molecule has 1 heterocycles. The second-order valence-corrected chi connectivity index (χ2v) is 9.75. The molecular formula is C24H20F2O8S. The Balaban J connectivity index is 1.78. The Morgan fingerprint density at radius 1 is 0.971 bits per heavy atom. The molecule has 0 aromatic heterocycles. The standard InChI is InChI=1S/C24H20F2O8S/c1-35(31,32)34-22-24(25,26)23(30,20(29)15-8-3-2-4-9-15)21(33-22)19(28)18(27)17-12-11-14-7-5-6-10-16(14)13-17/h2-13,19,21-22,28,30H,1H3/t19?,21-,22+,23-/m1/s1. The molecule has 3 aromatic rings. The van der Waals surface area contributed by atoms with Gasteiger partial charge >= 0.3 is 5.92 Å². The Kier molecular flexibility index (Phi) is 6.32. The van der Waals surface area contributed by atoms with Crippen LogP contribution < -0.4 is 0 Å². The van der Waals surface area contributed by atoms with E-state index in [2.05, 4.69) is 4.18 Å². The molecule has 3 aromatic carbocycles. The lowest BCUT2D eigenvalue weighted by molar-refractivity contribution is -0.196. The van der Waals surface area contributed by atoms with Gasteiger partial charge in [-0.1, -0.05) is 66.7 Å². The third-order valence-electron chi connectivity index (χ3n) is 5.72. The highest BCUT2D eigenvalue weighted by Crippen LogP contribution is 2.48. The molecule has 4 rings (SSSR count). The highest BCUT2D eigenvalue weighted by molar-refractivity contribution is 7.86.